The second-order valence-electron chi connectivity index (χ2n) is 8.17. The summed E-state index contributed by atoms with van der Waals surface area (Å²) in [5, 5.41) is 10.7. The van der Waals surface area contributed by atoms with Gasteiger partial charge in [0.2, 0.25) is 5.88 Å². The number of hydrogen-bond donors (Lipinski definition) is 2. The number of nitrogens with two attached hydrogens (primary N) is 1. The highest BCUT2D eigenvalue weighted by atomic mass is 19.1. The van der Waals surface area contributed by atoms with Gasteiger partial charge in [-0.3, -0.25) is 0 Å². The van der Waals surface area contributed by atoms with E-state index in [0.29, 0.717) is 22.4 Å². The molecule has 2 aromatic heterocycles. The number of aryl methyl sites for hydroxylation is 2. The average Bonchev–Trinajstić information content (AvgIpc) is 3.14. The molecule has 0 aliphatic rings. The predicted octanol–water partition coefficient (Wildman–Crippen LogP) is 5.71. The number of hydrogen-bond acceptors (Lipinski definition) is 5. The molecule has 3 aromatic carbocycles. The largest absolute Gasteiger partial charge is 0.492 e. The number of halogens is 1. The van der Waals surface area contributed by atoms with Crippen LogP contribution in [0.2, 0.25) is 0 Å². The Bertz CT molecular complexity index is 1500. The number of benzene rings is 3. The van der Waals surface area contributed by atoms with E-state index in [9.17, 15) is 5.11 Å². The van der Waals surface area contributed by atoms with Gasteiger partial charge >= 0.3 is 0 Å². The van der Waals surface area contributed by atoms with Crippen LogP contribution < -0.4 is 10.5 Å². The third kappa shape index (κ3) is 3.71. The van der Waals surface area contributed by atoms with Crippen molar-refractivity contribution in [3.63, 3.8) is 0 Å². The molecule has 2 heterocycles. The van der Waals surface area contributed by atoms with Crippen LogP contribution in [0, 0.1) is 19.7 Å². The first kappa shape index (κ1) is 21.5. The molecule has 34 heavy (non-hydrogen) atoms. The minimum Gasteiger partial charge on any atom is -0.492 e. The maximum Gasteiger partial charge on any atom is 0.239 e. The van der Waals surface area contributed by atoms with Crippen molar-refractivity contribution in [2.45, 2.75) is 20.5 Å². The minimum atomic E-state index is -0.504. The molecule has 0 spiro atoms. The van der Waals surface area contributed by atoms with E-state index in [-0.39, 0.29) is 18.2 Å². The van der Waals surface area contributed by atoms with E-state index in [0.717, 1.165) is 27.9 Å². The Hall–Kier alpha value is -4.39. The molecule has 0 saturated carbocycles. The summed E-state index contributed by atoms with van der Waals surface area (Å²) in [5.41, 5.74) is 12.2. The van der Waals surface area contributed by atoms with E-state index in [1.807, 2.05) is 56.3 Å². The Morgan fingerprint density at radius 3 is 2.47 bits per heavy atom. The maximum absolute atomic E-state index is 15.3. The number of aromatic nitrogens is 3. The number of aromatic hydroxyl groups is 1. The number of ether oxygens (including phenoxy) is 1. The summed E-state index contributed by atoms with van der Waals surface area (Å²) >= 11 is 0. The average molecular weight is 455 g/mol. The number of nitrogens with zero attached hydrogens (tertiary/aromatic N) is 3. The molecule has 5 aromatic rings. The van der Waals surface area contributed by atoms with Crippen LogP contribution in [0.1, 0.15) is 16.7 Å². The Morgan fingerprint density at radius 2 is 1.74 bits per heavy atom. The molecule has 6 nitrogen and oxygen atoms in total. The van der Waals surface area contributed by atoms with E-state index in [1.54, 1.807) is 22.8 Å². The third-order valence-corrected chi connectivity index (χ3v) is 5.87. The maximum atomic E-state index is 15.3. The van der Waals surface area contributed by atoms with Crippen molar-refractivity contribution in [1.29, 1.82) is 0 Å². The number of anilines is 1. The lowest BCUT2D eigenvalue weighted by atomic mass is 10.1. The Labute approximate surface area is 196 Å². The van der Waals surface area contributed by atoms with Gasteiger partial charge in [0, 0.05) is 17.3 Å². The fraction of sp³-hybridized carbons (Fsp3) is 0.111. The number of fused-ring (bicyclic) bond motifs is 1. The molecule has 0 aliphatic heterocycles. The van der Waals surface area contributed by atoms with Gasteiger partial charge in [0.15, 0.2) is 11.6 Å². The molecule has 0 fully saturated rings. The lowest BCUT2D eigenvalue weighted by molar-refractivity contribution is 0.290. The van der Waals surface area contributed by atoms with Gasteiger partial charge in [-0.1, -0.05) is 42.5 Å². The van der Waals surface area contributed by atoms with Gasteiger partial charge in [0.25, 0.3) is 0 Å². The van der Waals surface area contributed by atoms with Crippen LogP contribution >= 0.6 is 0 Å². The fourth-order valence-electron chi connectivity index (χ4n) is 4.20. The van der Waals surface area contributed by atoms with Gasteiger partial charge < -0.3 is 20.1 Å². The molecule has 7 heteroatoms. The Balaban J connectivity index is 1.67. The van der Waals surface area contributed by atoms with Crippen LogP contribution in [0.25, 0.3) is 28.0 Å². The Morgan fingerprint density at radius 1 is 1.00 bits per heavy atom. The van der Waals surface area contributed by atoms with Crippen LogP contribution in [-0.2, 0) is 6.61 Å². The zero-order valence-electron chi connectivity index (χ0n) is 18.8. The molecule has 5 rings (SSSR count). The van der Waals surface area contributed by atoms with Crippen LogP contribution in [0.15, 0.2) is 73.1 Å². The monoisotopic (exact) mass is 454 g/mol. The van der Waals surface area contributed by atoms with Crippen molar-refractivity contribution >= 4 is 16.7 Å². The second-order valence-corrected chi connectivity index (χ2v) is 8.17. The first-order valence-electron chi connectivity index (χ1n) is 10.8. The first-order valence-corrected chi connectivity index (χ1v) is 10.8. The summed E-state index contributed by atoms with van der Waals surface area (Å²) in [6.45, 7) is 4.05. The molecular formula is C27H23FN4O2. The summed E-state index contributed by atoms with van der Waals surface area (Å²) < 4.78 is 22.8. The van der Waals surface area contributed by atoms with Crippen molar-refractivity contribution in [3.05, 3.63) is 95.6 Å². The van der Waals surface area contributed by atoms with Gasteiger partial charge in [0.05, 0.1) is 16.9 Å². The molecule has 170 valence electrons. The first-order chi connectivity index (χ1) is 16.4. The summed E-state index contributed by atoms with van der Waals surface area (Å²) in [6.07, 6.45) is 1.32. The van der Waals surface area contributed by atoms with Crippen molar-refractivity contribution < 1.29 is 14.2 Å². The fourth-order valence-corrected chi connectivity index (χ4v) is 4.20. The third-order valence-electron chi connectivity index (χ3n) is 5.87. The summed E-state index contributed by atoms with van der Waals surface area (Å²) in [6, 6.07) is 20.1. The van der Waals surface area contributed by atoms with Crippen molar-refractivity contribution in [1.82, 2.24) is 14.5 Å². The molecule has 0 amide bonds. The van der Waals surface area contributed by atoms with Crippen molar-refractivity contribution in [3.8, 4) is 28.6 Å². The van der Waals surface area contributed by atoms with Gasteiger partial charge in [-0.05, 0) is 48.7 Å². The van der Waals surface area contributed by atoms with Crippen LogP contribution in [0.5, 0.6) is 11.6 Å². The predicted molar refractivity (Wildman–Crippen MR) is 131 cm³/mol. The van der Waals surface area contributed by atoms with Crippen LogP contribution in [-0.4, -0.2) is 19.6 Å². The Kier molecular flexibility index (Phi) is 5.37. The smallest absolute Gasteiger partial charge is 0.239 e. The van der Waals surface area contributed by atoms with Gasteiger partial charge in [-0.25, -0.2) is 14.4 Å². The SMILES string of the molecule is Cc1cc(OCc2ccccc2)c(F)cc1-n1c(-c2ccc(N)cc2)c(C)c2ncnc(O)c21. The zero-order valence-corrected chi connectivity index (χ0v) is 18.8. The van der Waals surface area contributed by atoms with Crippen molar-refractivity contribution in [2.75, 3.05) is 5.73 Å². The van der Waals surface area contributed by atoms with E-state index >= 15 is 4.39 Å². The summed E-state index contributed by atoms with van der Waals surface area (Å²) in [7, 11) is 0. The molecule has 0 radical (unpaired) electrons. The second kappa shape index (κ2) is 8.51. The molecular weight excluding hydrogens is 431 g/mol. The molecule has 0 atom stereocenters. The highest BCUT2D eigenvalue weighted by molar-refractivity contribution is 5.93. The quantitative estimate of drug-likeness (QED) is 0.332. The summed E-state index contributed by atoms with van der Waals surface area (Å²) in [4.78, 5) is 8.36. The van der Waals surface area contributed by atoms with E-state index in [4.69, 9.17) is 10.5 Å². The van der Waals surface area contributed by atoms with Gasteiger partial charge in [0.1, 0.15) is 18.5 Å². The topological polar surface area (TPSA) is 86.2 Å². The molecule has 0 bridgehead atoms. The molecule has 0 saturated heterocycles. The van der Waals surface area contributed by atoms with Gasteiger partial charge in [-0.2, -0.15) is 0 Å². The zero-order chi connectivity index (χ0) is 23.8. The van der Waals surface area contributed by atoms with Crippen LogP contribution in [0.4, 0.5) is 10.1 Å². The van der Waals surface area contributed by atoms with E-state index in [1.165, 1.54) is 12.4 Å². The van der Waals surface area contributed by atoms with E-state index < -0.39 is 5.82 Å². The molecule has 0 aliphatic carbocycles. The standard InChI is InChI=1S/C27H23FN4O2/c1-16-12-23(34-14-18-6-4-3-5-7-18)21(28)13-22(16)32-25(19-8-10-20(29)11-9-19)17(2)24-26(32)27(33)31-15-30-24/h3-13,15H,14,29H2,1-2H3,(H,30,31,33). The highest BCUT2D eigenvalue weighted by Crippen LogP contribution is 2.39. The number of nitrogen functional groups attached to an aromatic ring is 1. The lowest BCUT2D eigenvalue weighted by Crippen LogP contribution is -2.04. The highest BCUT2D eigenvalue weighted by Gasteiger charge is 2.23. The van der Waals surface area contributed by atoms with Gasteiger partial charge in [-0.15, -0.1) is 0 Å². The number of rotatable bonds is 5. The van der Waals surface area contributed by atoms with Crippen molar-refractivity contribution in [2.24, 2.45) is 0 Å². The summed E-state index contributed by atoms with van der Waals surface area (Å²) in [5.74, 6) is -0.526. The molecule has 3 N–H and O–H groups in total. The normalized spacial score (nSPS) is 11.1. The lowest BCUT2D eigenvalue weighted by Gasteiger charge is -2.17. The van der Waals surface area contributed by atoms with Crippen LogP contribution in [0.3, 0.4) is 0 Å². The minimum absolute atomic E-state index is 0.160. The molecule has 0 unspecified atom stereocenters. The van der Waals surface area contributed by atoms with E-state index in [2.05, 4.69) is 9.97 Å².